The van der Waals surface area contributed by atoms with E-state index in [9.17, 15) is 4.79 Å². The molecule has 2 aromatic carbocycles. The predicted octanol–water partition coefficient (Wildman–Crippen LogP) is 4.18. The maximum atomic E-state index is 12.0. The second-order valence-electron chi connectivity index (χ2n) is 4.14. The fourth-order valence-electron chi connectivity index (χ4n) is 1.60. The Bertz CT molecular complexity index is 591. The van der Waals surface area contributed by atoms with Gasteiger partial charge in [0, 0.05) is 0 Å². The molecule has 2 aromatic rings. The molecule has 0 unspecified atom stereocenters. The first-order valence-corrected chi connectivity index (χ1v) is 5.99. The normalized spacial score (nSPS) is 10.2. The third-order valence-corrected chi connectivity index (χ3v) is 2.97. The Kier molecular flexibility index (Phi) is 3.68. The molecule has 0 saturated carbocycles. The number of esters is 1. The van der Waals surface area contributed by atoms with E-state index in [0.29, 0.717) is 16.3 Å². The quantitative estimate of drug-likeness (QED) is 0.598. The maximum Gasteiger partial charge on any atom is 0.345 e. The Morgan fingerprint density at radius 1 is 1.11 bits per heavy atom. The Labute approximate surface area is 111 Å². The zero-order valence-corrected chi connectivity index (χ0v) is 11.0. The van der Waals surface area contributed by atoms with Crippen molar-refractivity contribution in [2.24, 2.45) is 0 Å². The van der Waals surface area contributed by atoms with Crippen molar-refractivity contribution in [3.05, 3.63) is 64.2 Å². The Morgan fingerprint density at radius 2 is 1.83 bits per heavy atom. The molecule has 0 spiro atoms. The average molecular weight is 261 g/mol. The summed E-state index contributed by atoms with van der Waals surface area (Å²) in [6, 6.07) is 12.6. The van der Waals surface area contributed by atoms with Crippen LogP contribution in [0.25, 0.3) is 0 Å². The predicted molar refractivity (Wildman–Crippen MR) is 72.3 cm³/mol. The number of halogens is 1. The molecule has 0 radical (unpaired) electrons. The Morgan fingerprint density at radius 3 is 2.56 bits per heavy atom. The van der Waals surface area contributed by atoms with E-state index in [1.54, 1.807) is 24.3 Å². The van der Waals surface area contributed by atoms with E-state index in [1.165, 1.54) is 0 Å². The van der Waals surface area contributed by atoms with Gasteiger partial charge in [0.05, 0.1) is 10.6 Å². The van der Waals surface area contributed by atoms with Crippen molar-refractivity contribution in [3.8, 4) is 5.75 Å². The number of rotatable bonds is 2. The molecule has 0 aliphatic heterocycles. The van der Waals surface area contributed by atoms with E-state index < -0.39 is 5.97 Å². The van der Waals surface area contributed by atoms with Crippen molar-refractivity contribution < 1.29 is 9.53 Å². The lowest BCUT2D eigenvalue weighted by molar-refractivity contribution is 0.0733. The van der Waals surface area contributed by atoms with Crippen LogP contribution in [0.15, 0.2) is 42.5 Å². The van der Waals surface area contributed by atoms with Crippen molar-refractivity contribution in [2.75, 3.05) is 0 Å². The van der Waals surface area contributed by atoms with E-state index in [-0.39, 0.29) is 0 Å². The van der Waals surface area contributed by atoms with Crippen molar-refractivity contribution in [3.63, 3.8) is 0 Å². The number of benzene rings is 2. The Balaban J connectivity index is 2.27. The van der Waals surface area contributed by atoms with Crippen molar-refractivity contribution >= 4 is 17.6 Å². The molecule has 0 aliphatic rings. The van der Waals surface area contributed by atoms with Crippen molar-refractivity contribution in [1.29, 1.82) is 0 Å². The highest BCUT2D eigenvalue weighted by Crippen LogP contribution is 2.22. The zero-order chi connectivity index (χ0) is 13.1. The minimum atomic E-state index is -0.436. The summed E-state index contributed by atoms with van der Waals surface area (Å²) in [5, 5.41) is 0.396. The molecule has 3 heteroatoms. The number of hydrogen-bond acceptors (Lipinski definition) is 2. The molecule has 0 N–H and O–H groups in total. The van der Waals surface area contributed by atoms with Gasteiger partial charge in [-0.1, -0.05) is 35.9 Å². The highest BCUT2D eigenvalue weighted by molar-refractivity contribution is 6.33. The fourth-order valence-corrected chi connectivity index (χ4v) is 1.81. The van der Waals surface area contributed by atoms with Gasteiger partial charge in [-0.05, 0) is 43.2 Å². The summed E-state index contributed by atoms with van der Waals surface area (Å²) in [5.41, 5.74) is 2.34. The molecule has 18 heavy (non-hydrogen) atoms. The van der Waals surface area contributed by atoms with Crippen LogP contribution in [-0.2, 0) is 0 Å². The molecule has 0 fully saturated rings. The minimum Gasteiger partial charge on any atom is -0.423 e. The van der Waals surface area contributed by atoms with Gasteiger partial charge in [0.1, 0.15) is 5.75 Å². The lowest BCUT2D eigenvalue weighted by Crippen LogP contribution is -2.09. The lowest BCUT2D eigenvalue weighted by atomic mass is 10.1. The number of carbonyl (C=O) groups excluding carboxylic acids is 1. The van der Waals surface area contributed by atoms with Crippen molar-refractivity contribution in [2.45, 2.75) is 13.8 Å². The van der Waals surface area contributed by atoms with Crippen molar-refractivity contribution in [1.82, 2.24) is 0 Å². The number of ether oxygens (including phenoxy) is 1. The molecule has 0 amide bonds. The first-order chi connectivity index (χ1) is 8.58. The maximum absolute atomic E-state index is 12.0. The van der Waals surface area contributed by atoms with Crippen LogP contribution in [-0.4, -0.2) is 5.97 Å². The van der Waals surface area contributed by atoms with Gasteiger partial charge in [-0.15, -0.1) is 0 Å². The highest BCUT2D eigenvalue weighted by atomic mass is 35.5. The van der Waals surface area contributed by atoms with E-state index in [2.05, 4.69) is 0 Å². The molecule has 0 aliphatic carbocycles. The molecule has 0 atom stereocenters. The molecule has 0 heterocycles. The van der Waals surface area contributed by atoms with Crippen LogP contribution in [0.4, 0.5) is 0 Å². The van der Waals surface area contributed by atoms with E-state index >= 15 is 0 Å². The number of aryl methyl sites for hydroxylation is 2. The minimum absolute atomic E-state index is 0.375. The first kappa shape index (κ1) is 12.7. The van der Waals surface area contributed by atoms with Crippen LogP contribution < -0.4 is 4.74 Å². The summed E-state index contributed by atoms with van der Waals surface area (Å²) < 4.78 is 5.37. The first-order valence-electron chi connectivity index (χ1n) is 5.62. The van der Waals surface area contributed by atoms with Gasteiger partial charge in [0.2, 0.25) is 0 Å². The molecule has 0 aromatic heterocycles. The average Bonchev–Trinajstić information content (AvgIpc) is 2.34. The second-order valence-corrected chi connectivity index (χ2v) is 4.55. The van der Waals surface area contributed by atoms with Crippen LogP contribution in [0.1, 0.15) is 21.5 Å². The molecule has 2 nitrogen and oxygen atoms in total. The van der Waals surface area contributed by atoms with Gasteiger partial charge in [-0.2, -0.15) is 0 Å². The second kappa shape index (κ2) is 5.23. The van der Waals surface area contributed by atoms with Crippen LogP contribution >= 0.6 is 11.6 Å². The van der Waals surface area contributed by atoms with Crippen LogP contribution in [0, 0.1) is 13.8 Å². The van der Waals surface area contributed by atoms with Gasteiger partial charge in [0.25, 0.3) is 0 Å². The Hall–Kier alpha value is -1.80. The van der Waals surface area contributed by atoms with Crippen LogP contribution in [0.2, 0.25) is 5.02 Å². The standard InChI is InChI=1S/C15H13ClO2/c1-10-7-8-11(2)14(9-10)18-15(17)12-5-3-4-6-13(12)16/h3-9H,1-2H3. The van der Waals surface area contributed by atoms with Gasteiger partial charge < -0.3 is 4.74 Å². The van der Waals surface area contributed by atoms with Gasteiger partial charge in [0.15, 0.2) is 0 Å². The van der Waals surface area contributed by atoms with Crippen LogP contribution in [0.5, 0.6) is 5.75 Å². The number of hydrogen-bond donors (Lipinski definition) is 0. The molecule has 0 bridgehead atoms. The SMILES string of the molecule is Cc1ccc(C)c(OC(=O)c2ccccc2Cl)c1. The van der Waals surface area contributed by atoms with E-state index in [4.69, 9.17) is 16.3 Å². The largest absolute Gasteiger partial charge is 0.423 e. The third kappa shape index (κ3) is 2.71. The summed E-state index contributed by atoms with van der Waals surface area (Å²) in [6.45, 7) is 3.85. The number of carbonyl (C=O) groups is 1. The van der Waals surface area contributed by atoms with Gasteiger partial charge in [-0.25, -0.2) is 4.79 Å². The van der Waals surface area contributed by atoms with E-state index in [1.807, 2.05) is 32.0 Å². The van der Waals surface area contributed by atoms with E-state index in [0.717, 1.165) is 11.1 Å². The fraction of sp³-hybridized carbons (Fsp3) is 0.133. The summed E-state index contributed by atoms with van der Waals surface area (Å²) >= 11 is 5.96. The highest BCUT2D eigenvalue weighted by Gasteiger charge is 2.13. The monoisotopic (exact) mass is 260 g/mol. The smallest absolute Gasteiger partial charge is 0.345 e. The zero-order valence-electron chi connectivity index (χ0n) is 10.2. The summed E-state index contributed by atoms with van der Waals surface area (Å²) in [6.07, 6.45) is 0. The third-order valence-electron chi connectivity index (χ3n) is 2.64. The summed E-state index contributed by atoms with van der Waals surface area (Å²) in [4.78, 5) is 12.0. The summed E-state index contributed by atoms with van der Waals surface area (Å²) in [5.74, 6) is 0.134. The summed E-state index contributed by atoms with van der Waals surface area (Å²) in [7, 11) is 0. The molecule has 0 saturated heterocycles. The lowest BCUT2D eigenvalue weighted by Gasteiger charge is -2.09. The van der Waals surface area contributed by atoms with Crippen LogP contribution in [0.3, 0.4) is 0 Å². The van der Waals surface area contributed by atoms with Gasteiger partial charge in [-0.3, -0.25) is 0 Å². The molecular weight excluding hydrogens is 248 g/mol. The molecule has 92 valence electrons. The molecular formula is C15H13ClO2. The topological polar surface area (TPSA) is 26.3 Å². The molecule has 2 rings (SSSR count). The van der Waals surface area contributed by atoms with Gasteiger partial charge >= 0.3 is 5.97 Å².